The van der Waals surface area contributed by atoms with Crippen molar-refractivity contribution in [3.05, 3.63) is 100 Å². The first kappa shape index (κ1) is 26.0. The van der Waals surface area contributed by atoms with E-state index >= 15 is 0 Å². The second-order valence-electron chi connectivity index (χ2n) is 9.17. The average Bonchev–Trinajstić information content (AvgIpc) is 3.54. The van der Waals surface area contributed by atoms with Crippen LogP contribution in [-0.4, -0.2) is 40.2 Å². The van der Waals surface area contributed by atoms with E-state index in [0.717, 1.165) is 16.9 Å². The normalized spacial score (nSPS) is 17.9. The average molecular weight is 576 g/mol. The number of Topliss-reactive ketones (excluding diaryl/α,β-unsaturated/α-hetero) is 1. The number of hydrogen-bond donors (Lipinski definition) is 1. The molecule has 4 aromatic rings. The van der Waals surface area contributed by atoms with Crippen LogP contribution < -0.4 is 14.4 Å². The number of ether oxygens (including phenoxy) is 2. The lowest BCUT2D eigenvalue weighted by Gasteiger charge is -2.23. The Balaban J connectivity index is 1.39. The van der Waals surface area contributed by atoms with Gasteiger partial charge in [-0.3, -0.25) is 14.5 Å². The first-order valence-electron chi connectivity index (χ1n) is 12.4. The van der Waals surface area contributed by atoms with Gasteiger partial charge in [-0.2, -0.15) is 0 Å². The number of carbonyl (C=O) groups excluding carboxylic acids is 2. The number of aliphatic hydroxyl groups excluding tert-OH is 1. The van der Waals surface area contributed by atoms with Crippen molar-refractivity contribution >= 4 is 45.7 Å². The molecule has 40 heavy (non-hydrogen) atoms. The van der Waals surface area contributed by atoms with Crippen molar-refractivity contribution in [2.24, 2.45) is 0 Å². The van der Waals surface area contributed by atoms with Crippen molar-refractivity contribution in [2.45, 2.75) is 23.1 Å². The number of halogens is 1. The van der Waals surface area contributed by atoms with E-state index in [1.54, 1.807) is 36.4 Å². The number of fused-ring (bicyclic) bond motifs is 1. The molecule has 2 aliphatic heterocycles. The molecule has 6 rings (SSSR count). The van der Waals surface area contributed by atoms with Crippen LogP contribution in [0.3, 0.4) is 0 Å². The van der Waals surface area contributed by atoms with Gasteiger partial charge in [0, 0.05) is 11.3 Å². The van der Waals surface area contributed by atoms with Gasteiger partial charge in [0.2, 0.25) is 5.13 Å². The van der Waals surface area contributed by atoms with Gasteiger partial charge in [0.1, 0.15) is 24.8 Å². The van der Waals surface area contributed by atoms with E-state index in [9.17, 15) is 19.1 Å². The summed E-state index contributed by atoms with van der Waals surface area (Å²) in [6.45, 7) is 2.71. The molecule has 11 heteroatoms. The zero-order chi connectivity index (χ0) is 27.8. The molecule has 0 radical (unpaired) electrons. The van der Waals surface area contributed by atoms with Gasteiger partial charge in [0.05, 0.1) is 11.6 Å². The van der Waals surface area contributed by atoms with Crippen LogP contribution in [0.15, 0.2) is 76.6 Å². The van der Waals surface area contributed by atoms with E-state index in [4.69, 9.17) is 9.47 Å². The molecule has 1 amide bonds. The molecule has 0 spiro atoms. The Kier molecular flexibility index (Phi) is 6.99. The Morgan fingerprint density at radius 3 is 2.58 bits per heavy atom. The molecule has 2 aliphatic rings. The highest BCUT2D eigenvalue weighted by Crippen LogP contribution is 2.45. The third-order valence-electron chi connectivity index (χ3n) is 6.56. The standard InChI is InChI=1S/C29H22FN3O5S2/c1-16-6-8-17(9-7-16)24-23(25(34)18-10-11-21-22(14-18)38-13-12-37-21)26(35)27(36)33(24)28-31-32-29(40-28)39-15-19-4-2-3-5-20(19)30/h2-11,14,24,34H,12-13,15H2,1H3/b25-23+. The minimum atomic E-state index is -0.939. The molecule has 1 atom stereocenters. The number of thioether (sulfide) groups is 1. The van der Waals surface area contributed by atoms with Gasteiger partial charge in [0.25, 0.3) is 5.78 Å². The largest absolute Gasteiger partial charge is 0.507 e. The molecule has 1 N–H and O–H groups in total. The number of benzene rings is 3. The quantitative estimate of drug-likeness (QED) is 0.103. The first-order chi connectivity index (χ1) is 19.4. The van der Waals surface area contributed by atoms with Crippen LogP contribution in [0.1, 0.15) is 28.3 Å². The zero-order valence-electron chi connectivity index (χ0n) is 21.2. The summed E-state index contributed by atoms with van der Waals surface area (Å²) in [5.41, 5.74) is 2.39. The van der Waals surface area contributed by atoms with Gasteiger partial charge in [-0.1, -0.05) is 71.1 Å². The van der Waals surface area contributed by atoms with Gasteiger partial charge < -0.3 is 14.6 Å². The topological polar surface area (TPSA) is 102 Å². The highest BCUT2D eigenvalue weighted by atomic mass is 32.2. The minimum absolute atomic E-state index is 0.0682. The van der Waals surface area contributed by atoms with Crippen LogP contribution in [0.2, 0.25) is 0 Å². The van der Waals surface area contributed by atoms with E-state index in [1.807, 2.05) is 31.2 Å². The molecule has 0 aliphatic carbocycles. The molecule has 202 valence electrons. The van der Waals surface area contributed by atoms with Gasteiger partial charge in [-0.15, -0.1) is 10.2 Å². The van der Waals surface area contributed by atoms with Crippen molar-refractivity contribution in [1.82, 2.24) is 10.2 Å². The Labute approximate surface area is 237 Å². The number of anilines is 1. The maximum absolute atomic E-state index is 14.1. The van der Waals surface area contributed by atoms with Gasteiger partial charge in [0.15, 0.2) is 15.8 Å². The fraction of sp³-hybridized carbons (Fsp3) is 0.172. The van der Waals surface area contributed by atoms with E-state index in [2.05, 4.69) is 10.2 Å². The van der Waals surface area contributed by atoms with Crippen LogP contribution in [0.4, 0.5) is 9.52 Å². The zero-order valence-corrected chi connectivity index (χ0v) is 22.8. The van der Waals surface area contributed by atoms with Crippen molar-refractivity contribution in [3.8, 4) is 11.5 Å². The molecule has 3 heterocycles. The molecule has 3 aromatic carbocycles. The summed E-state index contributed by atoms with van der Waals surface area (Å²) in [5, 5.41) is 20.0. The molecule has 0 bridgehead atoms. The van der Waals surface area contributed by atoms with Crippen LogP contribution in [0, 0.1) is 12.7 Å². The van der Waals surface area contributed by atoms with E-state index in [-0.39, 0.29) is 22.3 Å². The summed E-state index contributed by atoms with van der Waals surface area (Å²) in [4.78, 5) is 28.1. The minimum Gasteiger partial charge on any atom is -0.507 e. The van der Waals surface area contributed by atoms with Crippen LogP contribution in [0.25, 0.3) is 5.76 Å². The lowest BCUT2D eigenvalue weighted by molar-refractivity contribution is -0.132. The SMILES string of the molecule is Cc1ccc(C2/C(=C(\O)c3ccc4c(c3)OCCO4)C(=O)C(=O)N2c2nnc(SCc3ccccc3F)s2)cc1. The number of aromatic nitrogens is 2. The highest BCUT2D eigenvalue weighted by molar-refractivity contribution is 8.00. The van der Waals surface area contributed by atoms with E-state index < -0.39 is 17.7 Å². The number of ketones is 1. The Bertz CT molecular complexity index is 1650. The second-order valence-corrected chi connectivity index (χ2v) is 11.3. The van der Waals surface area contributed by atoms with Gasteiger partial charge >= 0.3 is 5.91 Å². The maximum Gasteiger partial charge on any atom is 0.301 e. The Hall–Kier alpha value is -4.22. The first-order valence-corrected chi connectivity index (χ1v) is 14.2. The summed E-state index contributed by atoms with van der Waals surface area (Å²) >= 11 is 2.40. The third kappa shape index (κ3) is 4.82. The third-order valence-corrected chi connectivity index (χ3v) is 8.67. The van der Waals surface area contributed by atoms with Crippen molar-refractivity contribution in [3.63, 3.8) is 0 Å². The smallest absolute Gasteiger partial charge is 0.301 e. The summed E-state index contributed by atoms with van der Waals surface area (Å²) < 4.78 is 25.8. The van der Waals surface area contributed by atoms with Crippen molar-refractivity contribution in [2.75, 3.05) is 18.1 Å². The molecule has 1 aromatic heterocycles. The summed E-state index contributed by atoms with van der Waals surface area (Å²) in [5.74, 6) is -1.01. The fourth-order valence-corrected chi connectivity index (χ4v) is 6.41. The lowest BCUT2D eigenvalue weighted by Crippen LogP contribution is -2.29. The molecular weight excluding hydrogens is 553 g/mol. The van der Waals surface area contributed by atoms with Crippen LogP contribution in [0.5, 0.6) is 11.5 Å². The van der Waals surface area contributed by atoms with Crippen molar-refractivity contribution < 1.29 is 28.6 Å². The van der Waals surface area contributed by atoms with E-state index in [0.29, 0.717) is 51.5 Å². The number of rotatable bonds is 6. The lowest BCUT2D eigenvalue weighted by atomic mass is 9.94. The number of nitrogens with zero attached hydrogens (tertiary/aromatic N) is 3. The molecule has 1 saturated heterocycles. The predicted molar refractivity (Wildman–Crippen MR) is 149 cm³/mol. The number of aliphatic hydroxyl groups is 1. The van der Waals surface area contributed by atoms with Gasteiger partial charge in [-0.25, -0.2) is 4.39 Å². The van der Waals surface area contributed by atoms with Crippen LogP contribution in [-0.2, 0) is 15.3 Å². The molecule has 1 unspecified atom stereocenters. The number of hydrogen-bond acceptors (Lipinski definition) is 9. The predicted octanol–water partition coefficient (Wildman–Crippen LogP) is 5.68. The Morgan fingerprint density at radius 2 is 1.80 bits per heavy atom. The Morgan fingerprint density at radius 1 is 1.05 bits per heavy atom. The molecular formula is C29H22FN3O5S2. The number of carbonyl (C=O) groups is 2. The monoisotopic (exact) mass is 575 g/mol. The summed E-state index contributed by atoms with van der Waals surface area (Å²) in [7, 11) is 0. The summed E-state index contributed by atoms with van der Waals surface area (Å²) in [6, 6.07) is 17.8. The fourth-order valence-electron chi connectivity index (χ4n) is 4.55. The van der Waals surface area contributed by atoms with Gasteiger partial charge in [-0.05, 0) is 42.3 Å². The summed E-state index contributed by atoms with van der Waals surface area (Å²) in [6.07, 6.45) is 0. The number of aryl methyl sites for hydroxylation is 1. The van der Waals surface area contributed by atoms with Crippen molar-refractivity contribution in [1.29, 1.82) is 0 Å². The molecule has 0 saturated carbocycles. The molecule has 1 fully saturated rings. The van der Waals surface area contributed by atoms with E-state index in [1.165, 1.54) is 22.7 Å². The second kappa shape index (κ2) is 10.7. The molecule has 8 nitrogen and oxygen atoms in total. The highest BCUT2D eigenvalue weighted by Gasteiger charge is 2.48. The van der Waals surface area contributed by atoms with Crippen LogP contribution >= 0.6 is 23.1 Å². The number of amides is 1. The maximum atomic E-state index is 14.1.